The summed E-state index contributed by atoms with van der Waals surface area (Å²) in [5.41, 5.74) is 8.03. The third kappa shape index (κ3) is 8.76. The van der Waals surface area contributed by atoms with E-state index in [1.807, 2.05) is 12.1 Å². The number of anilines is 1. The maximum Gasteiger partial charge on any atom is 0.137 e. The van der Waals surface area contributed by atoms with Crippen LogP contribution in [-0.4, -0.2) is 57.8 Å². The monoisotopic (exact) mass is 526 g/mol. The molecule has 0 atom stereocenters. The van der Waals surface area contributed by atoms with Crippen molar-refractivity contribution in [1.29, 1.82) is 0 Å². The van der Waals surface area contributed by atoms with Crippen LogP contribution in [0.15, 0.2) is 30.3 Å². The van der Waals surface area contributed by atoms with Crippen molar-refractivity contribution in [2.45, 2.75) is 44.8 Å². The lowest BCUT2D eigenvalue weighted by molar-refractivity contribution is -0.118. The number of nitrogen functional groups attached to an aromatic ring is 1. The Morgan fingerprint density at radius 3 is 2.31 bits per heavy atom. The SMILES string of the molecule is COc1cc(COc2cc(N)c(Cl)cc2CC(=O)CCCN2CCC(OC)CC2)cc(OC)c1.Cl. The summed E-state index contributed by atoms with van der Waals surface area (Å²) in [4.78, 5) is 15.1. The normalized spacial score (nSPS) is 14.3. The molecule has 0 aromatic heterocycles. The minimum atomic E-state index is 0. The highest BCUT2D eigenvalue weighted by atomic mass is 35.5. The predicted octanol–water partition coefficient (Wildman–Crippen LogP) is 4.94. The lowest BCUT2D eigenvalue weighted by Gasteiger charge is -2.31. The zero-order valence-electron chi connectivity index (χ0n) is 20.7. The molecule has 0 aliphatic carbocycles. The Morgan fingerprint density at radius 1 is 1.06 bits per heavy atom. The molecule has 9 heteroatoms. The Balaban J connectivity index is 0.00000432. The highest BCUT2D eigenvalue weighted by Gasteiger charge is 2.19. The summed E-state index contributed by atoms with van der Waals surface area (Å²) in [6.45, 7) is 3.24. The third-order valence-corrected chi connectivity index (χ3v) is 6.50. The van der Waals surface area contributed by atoms with E-state index in [0.29, 0.717) is 40.5 Å². The van der Waals surface area contributed by atoms with E-state index >= 15 is 0 Å². The number of Topliss-reactive ketones (excluding diaryl/α,β-unsaturated/α-hetero) is 1. The lowest BCUT2D eigenvalue weighted by atomic mass is 10.0. The Hall–Kier alpha value is -2.19. The molecule has 1 aliphatic heterocycles. The van der Waals surface area contributed by atoms with Gasteiger partial charge in [-0.05, 0) is 49.6 Å². The van der Waals surface area contributed by atoms with Gasteiger partial charge in [-0.3, -0.25) is 4.79 Å². The van der Waals surface area contributed by atoms with Gasteiger partial charge in [0.15, 0.2) is 0 Å². The summed E-state index contributed by atoms with van der Waals surface area (Å²) in [6.07, 6.45) is 4.06. The molecule has 0 amide bonds. The van der Waals surface area contributed by atoms with E-state index in [1.165, 1.54) is 0 Å². The van der Waals surface area contributed by atoms with Crippen LogP contribution in [0.1, 0.15) is 36.8 Å². The molecule has 0 bridgehead atoms. The van der Waals surface area contributed by atoms with E-state index in [9.17, 15) is 4.79 Å². The van der Waals surface area contributed by atoms with Gasteiger partial charge < -0.3 is 29.6 Å². The van der Waals surface area contributed by atoms with Crippen molar-refractivity contribution < 1.29 is 23.7 Å². The van der Waals surface area contributed by atoms with Gasteiger partial charge in [0.05, 0.1) is 31.0 Å². The van der Waals surface area contributed by atoms with E-state index in [-0.39, 0.29) is 31.2 Å². The molecule has 0 saturated carbocycles. The quantitative estimate of drug-likeness (QED) is 0.392. The number of hydrogen-bond acceptors (Lipinski definition) is 7. The molecule has 0 radical (unpaired) electrons. The molecule has 3 rings (SSSR count). The number of carbonyl (C=O) groups excluding carboxylic acids is 1. The molecule has 35 heavy (non-hydrogen) atoms. The number of nitrogens with two attached hydrogens (primary N) is 1. The van der Waals surface area contributed by atoms with Crippen LogP contribution in [0.4, 0.5) is 5.69 Å². The number of piperidine rings is 1. The largest absolute Gasteiger partial charge is 0.497 e. The molecule has 0 spiro atoms. The van der Waals surface area contributed by atoms with Crippen molar-refractivity contribution in [3.05, 3.63) is 46.5 Å². The highest BCUT2D eigenvalue weighted by Crippen LogP contribution is 2.31. The number of ether oxygens (including phenoxy) is 4. The topological polar surface area (TPSA) is 83.3 Å². The first kappa shape index (κ1) is 29.0. The van der Waals surface area contributed by atoms with Crippen molar-refractivity contribution in [2.75, 3.05) is 46.7 Å². The van der Waals surface area contributed by atoms with Crippen LogP contribution >= 0.6 is 24.0 Å². The van der Waals surface area contributed by atoms with Crippen LogP contribution in [-0.2, 0) is 22.6 Å². The van der Waals surface area contributed by atoms with Crippen LogP contribution in [0, 0.1) is 0 Å². The highest BCUT2D eigenvalue weighted by molar-refractivity contribution is 6.33. The van der Waals surface area contributed by atoms with Crippen molar-refractivity contribution in [3.63, 3.8) is 0 Å². The van der Waals surface area contributed by atoms with Gasteiger partial charge in [0.25, 0.3) is 0 Å². The average molecular weight is 527 g/mol. The summed E-state index contributed by atoms with van der Waals surface area (Å²) < 4.78 is 22.1. The first-order valence-corrected chi connectivity index (χ1v) is 12.0. The Kier molecular flexibility index (Phi) is 11.9. The van der Waals surface area contributed by atoms with Crippen molar-refractivity contribution in [3.8, 4) is 17.2 Å². The summed E-state index contributed by atoms with van der Waals surface area (Å²) in [5.74, 6) is 2.06. The van der Waals surface area contributed by atoms with E-state index < -0.39 is 0 Å². The maximum absolute atomic E-state index is 12.7. The molecule has 1 aliphatic rings. The van der Waals surface area contributed by atoms with Crippen LogP contribution in [0.2, 0.25) is 5.02 Å². The predicted molar refractivity (Wildman–Crippen MR) is 141 cm³/mol. The van der Waals surface area contributed by atoms with Gasteiger partial charge in [-0.2, -0.15) is 0 Å². The summed E-state index contributed by atoms with van der Waals surface area (Å²) in [5, 5.41) is 0.416. The number of hydrogen-bond donors (Lipinski definition) is 1. The average Bonchev–Trinajstić information content (AvgIpc) is 2.85. The van der Waals surface area contributed by atoms with Crippen molar-refractivity contribution in [2.24, 2.45) is 0 Å². The molecule has 0 unspecified atom stereocenters. The van der Waals surface area contributed by atoms with Gasteiger partial charge in [0.2, 0.25) is 0 Å². The number of likely N-dealkylation sites (tertiary alicyclic amines) is 1. The molecule has 1 heterocycles. The molecule has 1 fully saturated rings. The molecule has 1 saturated heterocycles. The van der Waals surface area contributed by atoms with Gasteiger partial charge in [0.1, 0.15) is 29.6 Å². The second-order valence-corrected chi connectivity index (χ2v) is 8.99. The van der Waals surface area contributed by atoms with E-state index in [1.54, 1.807) is 39.5 Å². The van der Waals surface area contributed by atoms with E-state index in [4.69, 9.17) is 36.3 Å². The summed E-state index contributed by atoms with van der Waals surface area (Å²) >= 11 is 6.25. The Labute approximate surface area is 219 Å². The van der Waals surface area contributed by atoms with Crippen molar-refractivity contribution >= 4 is 35.5 Å². The summed E-state index contributed by atoms with van der Waals surface area (Å²) in [6, 6.07) is 8.96. The molecule has 2 aromatic carbocycles. The van der Waals surface area contributed by atoms with Crippen molar-refractivity contribution in [1.82, 2.24) is 4.90 Å². The molecule has 7 nitrogen and oxygen atoms in total. The van der Waals surface area contributed by atoms with E-state index in [2.05, 4.69) is 4.90 Å². The van der Waals surface area contributed by atoms with Crippen LogP contribution in [0.25, 0.3) is 0 Å². The van der Waals surface area contributed by atoms with Gasteiger partial charge >= 0.3 is 0 Å². The minimum absolute atomic E-state index is 0. The molecular weight excluding hydrogens is 491 g/mol. The fourth-order valence-corrected chi connectivity index (χ4v) is 4.35. The van der Waals surface area contributed by atoms with Crippen LogP contribution in [0.5, 0.6) is 17.2 Å². The van der Waals surface area contributed by atoms with Gasteiger partial charge in [0, 0.05) is 50.7 Å². The fourth-order valence-electron chi connectivity index (χ4n) is 4.16. The zero-order chi connectivity index (χ0) is 24.5. The Bertz CT molecular complexity index is 943. The molecule has 2 N–H and O–H groups in total. The fraction of sp³-hybridized carbons (Fsp3) is 0.500. The number of nitrogens with zero attached hydrogens (tertiary/aromatic N) is 1. The second-order valence-electron chi connectivity index (χ2n) is 8.59. The molecular formula is C26H36Cl2N2O5. The molecule has 194 valence electrons. The number of methoxy groups -OCH3 is 3. The van der Waals surface area contributed by atoms with Crippen LogP contribution < -0.4 is 19.9 Å². The third-order valence-electron chi connectivity index (χ3n) is 6.17. The second kappa shape index (κ2) is 14.4. The number of benzene rings is 2. The van der Waals surface area contributed by atoms with E-state index in [0.717, 1.165) is 50.0 Å². The van der Waals surface area contributed by atoms with Crippen LogP contribution in [0.3, 0.4) is 0 Å². The maximum atomic E-state index is 12.7. The Morgan fingerprint density at radius 2 is 1.71 bits per heavy atom. The number of ketones is 1. The first-order chi connectivity index (χ1) is 16.4. The molecule has 2 aromatic rings. The van der Waals surface area contributed by atoms with Gasteiger partial charge in [-0.25, -0.2) is 0 Å². The standard InChI is InChI=1S/C26H35ClN2O5.ClH/c1-31-21-6-9-29(10-7-21)8-4-5-20(30)13-19-14-24(27)25(28)16-26(19)34-17-18-11-22(32-2)15-23(12-18)33-3;/h11-12,14-16,21H,4-10,13,17,28H2,1-3H3;1H. The smallest absolute Gasteiger partial charge is 0.137 e. The van der Waals surface area contributed by atoms with Gasteiger partial charge in [-0.15, -0.1) is 12.4 Å². The minimum Gasteiger partial charge on any atom is -0.497 e. The number of carbonyl (C=O) groups is 1. The number of rotatable bonds is 12. The summed E-state index contributed by atoms with van der Waals surface area (Å²) in [7, 11) is 4.98. The zero-order valence-corrected chi connectivity index (χ0v) is 22.3. The lowest BCUT2D eigenvalue weighted by Crippen LogP contribution is -2.37. The first-order valence-electron chi connectivity index (χ1n) is 11.6. The number of halogens is 2. The van der Waals surface area contributed by atoms with Gasteiger partial charge in [-0.1, -0.05) is 11.6 Å².